The van der Waals surface area contributed by atoms with E-state index in [1.54, 1.807) is 6.92 Å². The van der Waals surface area contributed by atoms with Crippen LogP contribution in [-0.2, 0) is 0 Å². The minimum absolute atomic E-state index is 0.524. The SMILES string of the molecule is C=C(N)CCN(C(C)=N)c1ccccc1C. The molecule has 1 aromatic rings. The molecule has 0 aliphatic rings. The fourth-order valence-electron chi connectivity index (χ4n) is 1.59. The van der Waals surface area contributed by atoms with Crippen molar-refractivity contribution in [3.63, 3.8) is 0 Å². The highest BCUT2D eigenvalue weighted by molar-refractivity contribution is 5.94. The minimum atomic E-state index is 0.524. The van der Waals surface area contributed by atoms with Crippen LogP contribution in [0.2, 0.25) is 0 Å². The van der Waals surface area contributed by atoms with Gasteiger partial charge in [0.15, 0.2) is 0 Å². The summed E-state index contributed by atoms with van der Waals surface area (Å²) >= 11 is 0. The molecule has 0 radical (unpaired) electrons. The van der Waals surface area contributed by atoms with Crippen LogP contribution in [0.25, 0.3) is 0 Å². The fourth-order valence-corrected chi connectivity index (χ4v) is 1.59. The molecule has 0 amide bonds. The maximum Gasteiger partial charge on any atom is 0.0970 e. The second-order valence-electron chi connectivity index (χ2n) is 3.93. The Bertz CT molecular complexity index is 396. The summed E-state index contributed by atoms with van der Waals surface area (Å²) in [6, 6.07) is 8.04. The standard InChI is InChI=1S/C13H19N3/c1-10-6-4-5-7-13(10)16(12(3)15)9-8-11(2)14/h4-7,15H,2,8-9,14H2,1,3H3. The number of anilines is 1. The van der Waals surface area contributed by atoms with E-state index in [1.807, 2.05) is 36.1 Å². The van der Waals surface area contributed by atoms with Gasteiger partial charge in [-0.2, -0.15) is 0 Å². The first-order valence-electron chi connectivity index (χ1n) is 5.34. The Morgan fingerprint density at radius 2 is 2.06 bits per heavy atom. The third kappa shape index (κ3) is 3.12. The zero-order chi connectivity index (χ0) is 12.1. The molecule has 3 heteroatoms. The quantitative estimate of drug-likeness (QED) is 0.601. The Morgan fingerprint density at radius 1 is 1.44 bits per heavy atom. The van der Waals surface area contributed by atoms with E-state index in [1.165, 1.54) is 0 Å². The molecule has 0 unspecified atom stereocenters. The lowest BCUT2D eigenvalue weighted by molar-refractivity contribution is 0.902. The summed E-state index contributed by atoms with van der Waals surface area (Å²) in [5.41, 5.74) is 8.45. The van der Waals surface area contributed by atoms with Crippen molar-refractivity contribution in [3.8, 4) is 0 Å². The van der Waals surface area contributed by atoms with Gasteiger partial charge in [0.25, 0.3) is 0 Å². The van der Waals surface area contributed by atoms with Crippen molar-refractivity contribution in [2.45, 2.75) is 20.3 Å². The first kappa shape index (κ1) is 12.3. The first-order chi connectivity index (χ1) is 7.52. The normalized spacial score (nSPS) is 9.88. The molecule has 0 saturated carbocycles. The zero-order valence-corrected chi connectivity index (χ0v) is 9.96. The number of amidine groups is 1. The van der Waals surface area contributed by atoms with Crippen molar-refractivity contribution in [2.75, 3.05) is 11.4 Å². The van der Waals surface area contributed by atoms with Crippen molar-refractivity contribution >= 4 is 11.5 Å². The van der Waals surface area contributed by atoms with Gasteiger partial charge >= 0.3 is 0 Å². The molecule has 3 nitrogen and oxygen atoms in total. The smallest absolute Gasteiger partial charge is 0.0970 e. The van der Waals surface area contributed by atoms with Crippen LogP contribution in [0.5, 0.6) is 0 Å². The summed E-state index contributed by atoms with van der Waals surface area (Å²) in [7, 11) is 0. The molecule has 16 heavy (non-hydrogen) atoms. The van der Waals surface area contributed by atoms with Crippen LogP contribution in [0.15, 0.2) is 36.5 Å². The maximum atomic E-state index is 7.79. The number of hydrogen-bond donors (Lipinski definition) is 2. The van der Waals surface area contributed by atoms with Gasteiger partial charge < -0.3 is 10.6 Å². The number of rotatable bonds is 4. The first-order valence-corrected chi connectivity index (χ1v) is 5.34. The molecule has 0 atom stereocenters. The molecular weight excluding hydrogens is 198 g/mol. The highest BCUT2D eigenvalue weighted by atomic mass is 15.2. The number of benzene rings is 1. The minimum Gasteiger partial charge on any atom is -0.402 e. The van der Waals surface area contributed by atoms with Crippen molar-refractivity contribution in [1.82, 2.24) is 0 Å². The number of hydrogen-bond acceptors (Lipinski definition) is 2. The molecule has 0 fully saturated rings. The molecule has 0 heterocycles. The van der Waals surface area contributed by atoms with Gasteiger partial charge in [0.2, 0.25) is 0 Å². The Labute approximate surface area is 97.1 Å². The van der Waals surface area contributed by atoms with Crippen molar-refractivity contribution < 1.29 is 0 Å². The van der Waals surface area contributed by atoms with Gasteiger partial charge in [0.1, 0.15) is 0 Å². The molecule has 0 spiro atoms. The van der Waals surface area contributed by atoms with E-state index in [-0.39, 0.29) is 0 Å². The molecule has 86 valence electrons. The summed E-state index contributed by atoms with van der Waals surface area (Å²) in [4.78, 5) is 1.95. The van der Waals surface area contributed by atoms with Gasteiger partial charge in [0, 0.05) is 24.4 Å². The Morgan fingerprint density at radius 3 is 2.56 bits per heavy atom. The second-order valence-corrected chi connectivity index (χ2v) is 3.93. The van der Waals surface area contributed by atoms with Gasteiger partial charge in [0.05, 0.1) is 5.84 Å². The predicted molar refractivity (Wildman–Crippen MR) is 69.9 cm³/mol. The van der Waals surface area contributed by atoms with E-state index < -0.39 is 0 Å². The van der Waals surface area contributed by atoms with E-state index in [4.69, 9.17) is 11.1 Å². The number of nitrogens with zero attached hydrogens (tertiary/aromatic N) is 1. The van der Waals surface area contributed by atoms with Gasteiger partial charge in [-0.1, -0.05) is 24.8 Å². The lowest BCUT2D eigenvalue weighted by Crippen LogP contribution is -2.30. The molecule has 1 rings (SSSR count). The Hall–Kier alpha value is -1.77. The van der Waals surface area contributed by atoms with Crippen LogP contribution in [0.3, 0.4) is 0 Å². The van der Waals surface area contributed by atoms with Gasteiger partial charge in [-0.05, 0) is 25.5 Å². The highest BCUT2D eigenvalue weighted by Crippen LogP contribution is 2.20. The Balaban J connectivity index is 2.90. The summed E-state index contributed by atoms with van der Waals surface area (Å²) in [5, 5.41) is 7.79. The molecule has 0 saturated heterocycles. The fraction of sp³-hybridized carbons (Fsp3) is 0.308. The Kier molecular flexibility index (Phi) is 4.11. The largest absolute Gasteiger partial charge is 0.402 e. The van der Waals surface area contributed by atoms with Crippen LogP contribution in [0.4, 0.5) is 5.69 Å². The van der Waals surface area contributed by atoms with E-state index >= 15 is 0 Å². The molecule has 0 aliphatic heterocycles. The van der Waals surface area contributed by atoms with E-state index in [0.717, 1.165) is 11.3 Å². The summed E-state index contributed by atoms with van der Waals surface area (Å²) in [6.07, 6.45) is 0.699. The van der Waals surface area contributed by atoms with Crippen LogP contribution >= 0.6 is 0 Å². The van der Waals surface area contributed by atoms with E-state index in [9.17, 15) is 0 Å². The third-order valence-electron chi connectivity index (χ3n) is 2.47. The van der Waals surface area contributed by atoms with Crippen molar-refractivity contribution in [1.29, 1.82) is 5.41 Å². The summed E-state index contributed by atoms with van der Waals surface area (Å²) in [6.45, 7) is 8.21. The number of aryl methyl sites for hydroxylation is 1. The van der Waals surface area contributed by atoms with E-state index in [0.29, 0.717) is 24.5 Å². The van der Waals surface area contributed by atoms with Crippen molar-refractivity contribution in [3.05, 3.63) is 42.1 Å². The van der Waals surface area contributed by atoms with E-state index in [2.05, 4.69) is 6.58 Å². The average molecular weight is 217 g/mol. The molecule has 1 aromatic carbocycles. The average Bonchev–Trinajstić information content (AvgIpc) is 2.20. The molecule has 0 aliphatic carbocycles. The second kappa shape index (κ2) is 5.35. The summed E-state index contributed by atoms with van der Waals surface area (Å²) < 4.78 is 0. The summed E-state index contributed by atoms with van der Waals surface area (Å²) in [5.74, 6) is 0.524. The zero-order valence-electron chi connectivity index (χ0n) is 9.96. The van der Waals surface area contributed by atoms with Crippen molar-refractivity contribution in [2.24, 2.45) is 5.73 Å². The molecular formula is C13H19N3. The predicted octanol–water partition coefficient (Wildman–Crippen LogP) is 2.66. The third-order valence-corrected chi connectivity index (χ3v) is 2.47. The highest BCUT2D eigenvalue weighted by Gasteiger charge is 2.10. The van der Waals surface area contributed by atoms with Crippen LogP contribution in [0.1, 0.15) is 18.9 Å². The van der Waals surface area contributed by atoms with Crippen LogP contribution in [0, 0.1) is 12.3 Å². The molecule has 0 bridgehead atoms. The number of para-hydroxylation sites is 1. The van der Waals surface area contributed by atoms with Gasteiger partial charge in [-0.25, -0.2) is 0 Å². The monoisotopic (exact) mass is 217 g/mol. The molecule has 0 aromatic heterocycles. The number of nitrogens with one attached hydrogen (secondary N) is 1. The lowest BCUT2D eigenvalue weighted by atomic mass is 10.1. The lowest BCUT2D eigenvalue weighted by Gasteiger charge is -2.25. The van der Waals surface area contributed by atoms with Crippen LogP contribution in [-0.4, -0.2) is 12.4 Å². The van der Waals surface area contributed by atoms with Gasteiger partial charge in [-0.3, -0.25) is 5.41 Å². The van der Waals surface area contributed by atoms with Crippen LogP contribution < -0.4 is 10.6 Å². The number of nitrogens with two attached hydrogens (primary N) is 1. The van der Waals surface area contributed by atoms with Gasteiger partial charge in [-0.15, -0.1) is 0 Å². The maximum absolute atomic E-state index is 7.79. The topological polar surface area (TPSA) is 53.1 Å². The molecule has 3 N–H and O–H groups in total.